The molecule has 0 bridgehead atoms. The maximum Gasteiger partial charge on any atom is 0.238 e. The van der Waals surface area contributed by atoms with Crippen molar-refractivity contribution in [3.63, 3.8) is 0 Å². The molecule has 3 rings (SSSR count). The highest BCUT2D eigenvalue weighted by molar-refractivity contribution is 7.89. The average molecular weight is 397 g/mol. The molecule has 0 radical (unpaired) electrons. The van der Waals surface area contributed by atoms with Crippen molar-refractivity contribution in [1.82, 2.24) is 0 Å². The van der Waals surface area contributed by atoms with Crippen molar-refractivity contribution in [3.8, 4) is 0 Å². The highest BCUT2D eigenvalue weighted by Gasteiger charge is 2.44. The van der Waals surface area contributed by atoms with Gasteiger partial charge >= 0.3 is 0 Å². The van der Waals surface area contributed by atoms with Crippen molar-refractivity contribution < 1.29 is 31.1 Å². The summed E-state index contributed by atoms with van der Waals surface area (Å²) < 4.78 is 70.7. The smallest absolute Gasteiger partial charge is 0.238 e. The third-order valence-electron chi connectivity index (χ3n) is 4.07. The molecule has 0 unspecified atom stereocenters. The van der Waals surface area contributed by atoms with Gasteiger partial charge in [-0.2, -0.15) is 0 Å². The quantitative estimate of drug-likeness (QED) is 0.863. The summed E-state index contributed by atoms with van der Waals surface area (Å²) in [6.45, 7) is 2.80. The number of ether oxygens (including phenoxy) is 1. The summed E-state index contributed by atoms with van der Waals surface area (Å²) in [5, 5.41) is 4.97. The van der Waals surface area contributed by atoms with Crippen LogP contribution in [0.15, 0.2) is 41.3 Å². The molecule has 0 aromatic heterocycles. The Labute approximate surface area is 153 Å². The molecule has 2 aromatic carbocycles. The lowest BCUT2D eigenvalue weighted by Gasteiger charge is -2.18. The summed E-state index contributed by atoms with van der Waals surface area (Å²) in [6.07, 6.45) is 0. The number of carbonyl (C=O) groups is 1. The zero-order valence-electron chi connectivity index (χ0n) is 14.2. The van der Waals surface area contributed by atoms with E-state index in [-0.39, 0.29) is 22.5 Å². The van der Waals surface area contributed by atoms with Gasteiger partial charge in [0.25, 0.3) is 0 Å². The molecule has 0 atom stereocenters. The Morgan fingerprint density at radius 2 is 1.63 bits per heavy atom. The molecule has 0 aliphatic carbocycles. The van der Waals surface area contributed by atoms with E-state index >= 15 is 0 Å². The zero-order chi connectivity index (χ0) is 20.1. The molecule has 2 aromatic rings. The Hall–Kier alpha value is -2.65. The number of sulfonamides is 1. The molecule has 0 fully saturated rings. The molecule has 1 heterocycles. The number of carbonyl (C=O) groups excluding carboxylic acids is 1. The molecule has 0 saturated carbocycles. The minimum atomic E-state index is -4.15. The van der Waals surface area contributed by atoms with E-state index in [4.69, 9.17) is 9.88 Å². The largest absolute Gasteiger partial charge is 0.478 e. The van der Waals surface area contributed by atoms with E-state index in [1.54, 1.807) is 0 Å². The van der Waals surface area contributed by atoms with Crippen LogP contribution in [0.5, 0.6) is 0 Å². The molecule has 142 valence electrons. The summed E-state index contributed by atoms with van der Waals surface area (Å²) in [5.41, 5.74) is -2.44. The van der Waals surface area contributed by atoms with Gasteiger partial charge in [0.05, 0.1) is 16.0 Å². The highest BCUT2D eigenvalue weighted by atomic mass is 32.2. The van der Waals surface area contributed by atoms with Gasteiger partial charge < -0.3 is 4.74 Å². The van der Waals surface area contributed by atoms with Crippen LogP contribution >= 0.6 is 0 Å². The maximum atomic E-state index is 14.6. The Balaban J connectivity index is 2.28. The van der Waals surface area contributed by atoms with Crippen molar-refractivity contribution in [2.24, 2.45) is 5.14 Å². The first-order valence-corrected chi connectivity index (χ1v) is 9.22. The van der Waals surface area contributed by atoms with Crippen LogP contribution in [-0.2, 0) is 19.6 Å². The molecular formula is C18H14F3NO4S. The van der Waals surface area contributed by atoms with Crippen molar-refractivity contribution in [3.05, 3.63) is 65.0 Å². The summed E-state index contributed by atoms with van der Waals surface area (Å²) >= 11 is 0. The highest BCUT2D eigenvalue weighted by Crippen LogP contribution is 2.42. The first-order valence-electron chi connectivity index (χ1n) is 7.68. The molecule has 1 aliphatic rings. The molecule has 0 spiro atoms. The number of hydrogen-bond donors (Lipinski definition) is 1. The van der Waals surface area contributed by atoms with Crippen LogP contribution in [0.2, 0.25) is 0 Å². The SMILES string of the molecule is CC1(C)OC(c2ccc(S(N)(=O)=O)cc2F)=C(c2cc(F)ccc2F)C1=O. The van der Waals surface area contributed by atoms with Gasteiger partial charge in [0.15, 0.2) is 5.60 Å². The fourth-order valence-electron chi connectivity index (χ4n) is 2.74. The second-order valence-electron chi connectivity index (χ2n) is 6.46. The second kappa shape index (κ2) is 6.21. The molecule has 5 nitrogen and oxygen atoms in total. The molecule has 2 N–H and O–H groups in total. The number of hydrogen-bond acceptors (Lipinski definition) is 4. The lowest BCUT2D eigenvalue weighted by atomic mass is 9.92. The fraction of sp³-hybridized carbons (Fsp3) is 0.167. The van der Waals surface area contributed by atoms with Crippen LogP contribution in [-0.4, -0.2) is 19.8 Å². The topological polar surface area (TPSA) is 86.5 Å². The summed E-state index contributed by atoms with van der Waals surface area (Å²) in [5.74, 6) is -3.71. The fourth-order valence-corrected chi connectivity index (χ4v) is 3.26. The van der Waals surface area contributed by atoms with E-state index in [1.165, 1.54) is 13.8 Å². The Morgan fingerprint density at radius 1 is 0.963 bits per heavy atom. The minimum absolute atomic E-state index is 0.278. The summed E-state index contributed by atoms with van der Waals surface area (Å²) in [7, 11) is -4.15. The summed E-state index contributed by atoms with van der Waals surface area (Å²) in [4.78, 5) is 12.2. The average Bonchev–Trinajstić information content (AvgIpc) is 2.79. The third-order valence-corrected chi connectivity index (χ3v) is 4.98. The lowest BCUT2D eigenvalue weighted by molar-refractivity contribution is -0.125. The number of Topliss-reactive ketones (excluding diaryl/α,β-unsaturated/α-hetero) is 1. The molecule has 0 saturated heterocycles. The van der Waals surface area contributed by atoms with Crippen molar-refractivity contribution in [2.45, 2.75) is 24.3 Å². The van der Waals surface area contributed by atoms with Crippen molar-refractivity contribution >= 4 is 27.1 Å². The van der Waals surface area contributed by atoms with Crippen LogP contribution in [0.1, 0.15) is 25.0 Å². The first-order chi connectivity index (χ1) is 12.4. The van der Waals surface area contributed by atoms with Crippen LogP contribution in [0, 0.1) is 17.5 Å². The van der Waals surface area contributed by atoms with Gasteiger partial charge in [-0.15, -0.1) is 0 Å². The van der Waals surface area contributed by atoms with E-state index in [0.29, 0.717) is 6.07 Å². The van der Waals surface area contributed by atoms with Gasteiger partial charge in [0.1, 0.15) is 23.2 Å². The van der Waals surface area contributed by atoms with Crippen LogP contribution in [0.25, 0.3) is 11.3 Å². The van der Waals surface area contributed by atoms with E-state index < -0.39 is 43.8 Å². The Kier molecular flexibility index (Phi) is 4.40. The first kappa shape index (κ1) is 19.1. The Bertz CT molecular complexity index is 1110. The van der Waals surface area contributed by atoms with Gasteiger partial charge in [-0.3, -0.25) is 4.79 Å². The predicted molar refractivity (Wildman–Crippen MR) is 91.1 cm³/mol. The van der Waals surface area contributed by atoms with E-state index in [1.807, 2.05) is 0 Å². The molecule has 0 amide bonds. The third kappa shape index (κ3) is 3.35. The number of halogens is 3. The zero-order valence-corrected chi connectivity index (χ0v) is 15.0. The van der Waals surface area contributed by atoms with Gasteiger partial charge in [-0.25, -0.2) is 26.7 Å². The van der Waals surface area contributed by atoms with E-state index in [0.717, 1.165) is 30.3 Å². The van der Waals surface area contributed by atoms with Crippen LogP contribution < -0.4 is 5.14 Å². The second-order valence-corrected chi connectivity index (χ2v) is 8.02. The van der Waals surface area contributed by atoms with Gasteiger partial charge in [-0.1, -0.05) is 0 Å². The standard InChI is InChI=1S/C18H14F3NO4S/c1-18(2)17(23)15(12-7-9(19)3-6-13(12)20)16(26-18)11-5-4-10(8-14(11)21)27(22,24)25/h3-8H,1-2H3,(H2,22,24,25). The number of rotatable bonds is 3. The van der Waals surface area contributed by atoms with E-state index in [2.05, 4.69) is 0 Å². The number of ketones is 1. The molecule has 9 heteroatoms. The van der Waals surface area contributed by atoms with E-state index in [9.17, 15) is 26.4 Å². The van der Waals surface area contributed by atoms with Crippen LogP contribution in [0.3, 0.4) is 0 Å². The normalized spacial score (nSPS) is 16.6. The van der Waals surface area contributed by atoms with Gasteiger partial charge in [0, 0.05) is 5.56 Å². The number of benzene rings is 2. The lowest BCUT2D eigenvalue weighted by Crippen LogP contribution is -2.29. The minimum Gasteiger partial charge on any atom is -0.478 e. The van der Waals surface area contributed by atoms with Crippen molar-refractivity contribution in [2.75, 3.05) is 0 Å². The van der Waals surface area contributed by atoms with Crippen molar-refractivity contribution in [1.29, 1.82) is 0 Å². The molecular weight excluding hydrogens is 383 g/mol. The van der Waals surface area contributed by atoms with Gasteiger partial charge in [-0.05, 0) is 50.2 Å². The monoisotopic (exact) mass is 397 g/mol. The predicted octanol–water partition coefficient (Wildman–Crippen LogP) is 3.00. The van der Waals surface area contributed by atoms with Gasteiger partial charge in [0.2, 0.25) is 15.8 Å². The maximum absolute atomic E-state index is 14.6. The molecule has 1 aliphatic heterocycles. The number of nitrogens with two attached hydrogens (primary N) is 1. The Morgan fingerprint density at radius 3 is 2.22 bits per heavy atom. The summed E-state index contributed by atoms with van der Waals surface area (Å²) in [6, 6.07) is 5.27. The molecule has 27 heavy (non-hydrogen) atoms. The van der Waals surface area contributed by atoms with Crippen LogP contribution in [0.4, 0.5) is 13.2 Å². The number of primary sulfonamides is 1.